The van der Waals surface area contributed by atoms with Gasteiger partial charge in [0.2, 0.25) is 0 Å². The summed E-state index contributed by atoms with van der Waals surface area (Å²) in [6, 6.07) is 14.5. The highest BCUT2D eigenvalue weighted by Crippen LogP contribution is 2.33. The summed E-state index contributed by atoms with van der Waals surface area (Å²) < 4.78 is 0. The zero-order valence-electron chi connectivity index (χ0n) is 14.4. The number of hydrogen-bond donors (Lipinski definition) is 1. The van der Waals surface area contributed by atoms with E-state index in [4.69, 9.17) is 0 Å². The van der Waals surface area contributed by atoms with Crippen LogP contribution in [0.1, 0.15) is 19.4 Å². The van der Waals surface area contributed by atoms with Gasteiger partial charge in [0.05, 0.1) is 23.1 Å². The molecule has 0 saturated heterocycles. The molecule has 0 saturated carbocycles. The zero-order chi connectivity index (χ0) is 17.2. The van der Waals surface area contributed by atoms with E-state index >= 15 is 0 Å². The van der Waals surface area contributed by atoms with E-state index < -0.39 is 0 Å². The Balaban J connectivity index is 1.89. The molecule has 1 aromatic carbocycles. The van der Waals surface area contributed by atoms with Gasteiger partial charge in [0.25, 0.3) is 0 Å². The molecule has 0 aliphatic carbocycles. The summed E-state index contributed by atoms with van der Waals surface area (Å²) in [5, 5.41) is 8.52. The lowest BCUT2D eigenvalue weighted by Crippen LogP contribution is -1.95. The summed E-state index contributed by atoms with van der Waals surface area (Å²) in [6.45, 7) is 4.48. The molecule has 4 heteroatoms. The highest BCUT2D eigenvalue weighted by Gasteiger charge is 2.14. The largest absolute Gasteiger partial charge is 0.276 e. The summed E-state index contributed by atoms with van der Waals surface area (Å²) in [4.78, 5) is 8.99. The van der Waals surface area contributed by atoms with Gasteiger partial charge in [-0.1, -0.05) is 26.0 Å². The number of nitrogens with zero attached hydrogens (tertiary/aromatic N) is 3. The fourth-order valence-electron chi connectivity index (χ4n) is 3.22. The molecule has 1 N–H and O–H groups in total. The van der Waals surface area contributed by atoms with E-state index in [1.54, 1.807) is 6.20 Å². The lowest BCUT2D eigenvalue weighted by Gasteiger charge is -2.10. The van der Waals surface area contributed by atoms with Crippen molar-refractivity contribution < 1.29 is 0 Å². The van der Waals surface area contributed by atoms with Gasteiger partial charge in [0.15, 0.2) is 0 Å². The van der Waals surface area contributed by atoms with Crippen LogP contribution in [0.25, 0.3) is 33.4 Å². The third-order valence-electron chi connectivity index (χ3n) is 4.30. The SMILES string of the molecule is CC(C)Cc1ccc2nccc(-c3cn[nH]c3-c3ccccn3)c2c1. The minimum atomic E-state index is 0.621. The molecule has 4 nitrogen and oxygen atoms in total. The normalized spacial score (nSPS) is 11.3. The third-order valence-corrected chi connectivity index (χ3v) is 4.30. The molecule has 0 bridgehead atoms. The predicted molar refractivity (Wildman–Crippen MR) is 101 cm³/mol. The van der Waals surface area contributed by atoms with Crippen LogP contribution in [0.2, 0.25) is 0 Å². The minimum Gasteiger partial charge on any atom is -0.276 e. The maximum absolute atomic E-state index is 4.53. The Bertz CT molecular complexity index is 1000. The number of hydrogen-bond acceptors (Lipinski definition) is 3. The van der Waals surface area contributed by atoms with Gasteiger partial charge in [-0.3, -0.25) is 15.1 Å². The first-order valence-electron chi connectivity index (χ1n) is 8.55. The second kappa shape index (κ2) is 6.48. The van der Waals surface area contributed by atoms with Crippen molar-refractivity contribution >= 4 is 10.9 Å². The number of fused-ring (bicyclic) bond motifs is 1. The molecule has 0 amide bonds. The summed E-state index contributed by atoms with van der Waals surface area (Å²) in [6.07, 6.45) is 6.58. The second-order valence-corrected chi connectivity index (χ2v) is 6.68. The van der Waals surface area contributed by atoms with Gasteiger partial charge in [-0.2, -0.15) is 5.10 Å². The lowest BCUT2D eigenvalue weighted by atomic mass is 9.96. The Kier molecular flexibility index (Phi) is 4.02. The Morgan fingerprint density at radius 1 is 0.960 bits per heavy atom. The van der Waals surface area contributed by atoms with Crippen LogP contribution in [0, 0.1) is 5.92 Å². The Hall–Kier alpha value is -3.01. The molecular weight excluding hydrogens is 308 g/mol. The van der Waals surface area contributed by atoms with Gasteiger partial charge in [-0.15, -0.1) is 0 Å². The molecule has 3 heterocycles. The van der Waals surface area contributed by atoms with E-state index in [1.165, 1.54) is 5.56 Å². The maximum atomic E-state index is 4.53. The fourth-order valence-corrected chi connectivity index (χ4v) is 3.22. The third kappa shape index (κ3) is 3.03. The zero-order valence-corrected chi connectivity index (χ0v) is 14.4. The van der Waals surface area contributed by atoms with Crippen LogP contribution in [-0.4, -0.2) is 20.2 Å². The molecule has 25 heavy (non-hydrogen) atoms. The van der Waals surface area contributed by atoms with Crippen molar-refractivity contribution in [2.45, 2.75) is 20.3 Å². The van der Waals surface area contributed by atoms with E-state index in [9.17, 15) is 0 Å². The van der Waals surface area contributed by atoms with E-state index in [2.05, 4.69) is 58.3 Å². The molecule has 0 radical (unpaired) electrons. The van der Waals surface area contributed by atoms with Crippen LogP contribution in [0.4, 0.5) is 0 Å². The molecule has 0 unspecified atom stereocenters. The molecule has 0 aliphatic rings. The Morgan fingerprint density at radius 2 is 1.88 bits per heavy atom. The van der Waals surface area contributed by atoms with E-state index in [1.807, 2.05) is 30.6 Å². The lowest BCUT2D eigenvalue weighted by molar-refractivity contribution is 0.648. The molecule has 4 aromatic rings. The van der Waals surface area contributed by atoms with Crippen molar-refractivity contribution in [1.82, 2.24) is 20.2 Å². The quantitative estimate of drug-likeness (QED) is 0.580. The number of benzene rings is 1. The topological polar surface area (TPSA) is 54.5 Å². The van der Waals surface area contributed by atoms with Gasteiger partial charge >= 0.3 is 0 Å². The summed E-state index contributed by atoms with van der Waals surface area (Å²) >= 11 is 0. The maximum Gasteiger partial charge on any atom is 0.0913 e. The predicted octanol–water partition coefficient (Wildman–Crippen LogP) is 4.89. The number of aromatic nitrogens is 4. The van der Waals surface area contributed by atoms with Gasteiger partial charge in [0, 0.05) is 23.3 Å². The average molecular weight is 328 g/mol. The molecule has 0 fully saturated rings. The fraction of sp³-hybridized carbons (Fsp3) is 0.190. The van der Waals surface area contributed by atoms with Crippen molar-refractivity contribution in [2.24, 2.45) is 5.92 Å². The second-order valence-electron chi connectivity index (χ2n) is 6.68. The average Bonchev–Trinajstić information content (AvgIpc) is 3.11. The van der Waals surface area contributed by atoms with Crippen LogP contribution < -0.4 is 0 Å². The molecule has 4 rings (SSSR count). The highest BCUT2D eigenvalue weighted by atomic mass is 15.1. The molecular formula is C21H20N4. The van der Waals surface area contributed by atoms with Crippen molar-refractivity contribution in [3.63, 3.8) is 0 Å². The molecule has 0 aliphatic heterocycles. The van der Waals surface area contributed by atoms with Crippen molar-refractivity contribution in [3.05, 3.63) is 66.6 Å². The van der Waals surface area contributed by atoms with Crippen molar-refractivity contribution in [1.29, 1.82) is 0 Å². The van der Waals surface area contributed by atoms with Crippen LogP contribution >= 0.6 is 0 Å². The van der Waals surface area contributed by atoms with Gasteiger partial charge < -0.3 is 0 Å². The van der Waals surface area contributed by atoms with Crippen LogP contribution in [-0.2, 0) is 6.42 Å². The summed E-state index contributed by atoms with van der Waals surface area (Å²) in [5.41, 5.74) is 6.33. The number of pyridine rings is 2. The van der Waals surface area contributed by atoms with E-state index in [-0.39, 0.29) is 0 Å². The molecule has 3 aromatic heterocycles. The minimum absolute atomic E-state index is 0.621. The van der Waals surface area contributed by atoms with Gasteiger partial charge in [0.1, 0.15) is 0 Å². The first-order chi connectivity index (χ1) is 12.2. The molecule has 124 valence electrons. The first kappa shape index (κ1) is 15.5. The summed E-state index contributed by atoms with van der Waals surface area (Å²) in [7, 11) is 0. The molecule has 0 spiro atoms. The number of H-pyrrole nitrogens is 1. The van der Waals surface area contributed by atoms with Crippen LogP contribution in [0.15, 0.2) is 61.1 Å². The monoisotopic (exact) mass is 328 g/mol. The smallest absolute Gasteiger partial charge is 0.0913 e. The number of rotatable bonds is 4. The highest BCUT2D eigenvalue weighted by molar-refractivity contribution is 5.97. The molecule has 0 atom stereocenters. The first-order valence-corrected chi connectivity index (χ1v) is 8.55. The van der Waals surface area contributed by atoms with Crippen LogP contribution in [0.3, 0.4) is 0 Å². The van der Waals surface area contributed by atoms with Gasteiger partial charge in [-0.25, -0.2) is 0 Å². The van der Waals surface area contributed by atoms with Gasteiger partial charge in [-0.05, 0) is 53.8 Å². The van der Waals surface area contributed by atoms with Crippen molar-refractivity contribution in [2.75, 3.05) is 0 Å². The standard InChI is InChI=1S/C21H20N4/c1-14(2)11-15-6-7-19-17(12-15)16(8-10-23-19)18-13-24-25-21(18)20-5-3-4-9-22-20/h3-10,12-14H,11H2,1-2H3,(H,24,25). The Labute approximate surface area is 147 Å². The van der Waals surface area contributed by atoms with E-state index in [0.29, 0.717) is 5.92 Å². The number of nitrogens with one attached hydrogen (secondary N) is 1. The van der Waals surface area contributed by atoms with Crippen molar-refractivity contribution in [3.8, 4) is 22.5 Å². The van der Waals surface area contributed by atoms with E-state index in [0.717, 1.165) is 39.8 Å². The van der Waals surface area contributed by atoms with Crippen LogP contribution in [0.5, 0.6) is 0 Å². The Morgan fingerprint density at radius 3 is 2.68 bits per heavy atom. The summed E-state index contributed by atoms with van der Waals surface area (Å²) in [5.74, 6) is 0.621. The number of aromatic amines is 1.